The Morgan fingerprint density at radius 1 is 0.841 bits per heavy atom. The molecule has 44 heavy (non-hydrogen) atoms. The van der Waals surface area contributed by atoms with Crippen LogP contribution in [0.25, 0.3) is 11.1 Å². The zero-order chi connectivity index (χ0) is 30.7. The molecule has 1 aliphatic heterocycles. The molecule has 222 valence electrons. The fourth-order valence-corrected chi connectivity index (χ4v) is 4.81. The van der Waals surface area contributed by atoms with Gasteiger partial charge in [-0.05, 0) is 47.0 Å². The summed E-state index contributed by atoms with van der Waals surface area (Å²) in [7, 11) is 0. The Balaban J connectivity index is 1.33. The lowest BCUT2D eigenvalue weighted by atomic mass is 9.96. The largest absolute Gasteiger partial charge is 0.489 e. The van der Waals surface area contributed by atoms with Crippen LogP contribution >= 0.6 is 0 Å². The number of ether oxygens (including phenoxy) is 4. The van der Waals surface area contributed by atoms with Crippen molar-refractivity contribution >= 4 is 5.91 Å². The molecule has 0 aliphatic carbocycles. The van der Waals surface area contributed by atoms with Crippen LogP contribution in [-0.4, -0.2) is 32.2 Å². The molecule has 0 saturated heterocycles. The standard InChI is InChI=1S/C35H32N4O5/c1-24(40)39-13-12-38-21-28-8-10-30(18-34(28)44-22-26-5-2-4-25(16-26)19-36)43-23-29-6-3-7-31(32(29)20-37)27-9-11-33-35(17-27)42-15-14-41-33/h2-11,16-18,38H,12-15,21-23H2,1H3,(H,39,40). The van der Waals surface area contributed by atoms with Gasteiger partial charge in [0, 0.05) is 43.8 Å². The lowest BCUT2D eigenvalue weighted by Crippen LogP contribution is -2.30. The van der Waals surface area contributed by atoms with E-state index in [9.17, 15) is 15.3 Å². The van der Waals surface area contributed by atoms with Gasteiger partial charge in [-0.1, -0.05) is 42.5 Å². The van der Waals surface area contributed by atoms with Gasteiger partial charge in [0.25, 0.3) is 0 Å². The van der Waals surface area contributed by atoms with Crippen LogP contribution in [0.4, 0.5) is 0 Å². The molecule has 0 unspecified atom stereocenters. The van der Waals surface area contributed by atoms with Crippen LogP contribution in [0, 0.1) is 22.7 Å². The van der Waals surface area contributed by atoms with Crippen LogP contribution in [0.2, 0.25) is 0 Å². The summed E-state index contributed by atoms with van der Waals surface area (Å²) in [5.41, 5.74) is 5.27. The molecule has 4 aromatic rings. The van der Waals surface area contributed by atoms with E-state index < -0.39 is 0 Å². The Kier molecular flexibility index (Phi) is 9.94. The summed E-state index contributed by atoms with van der Waals surface area (Å²) in [6, 6.07) is 28.8. The van der Waals surface area contributed by atoms with E-state index in [1.807, 2.05) is 66.7 Å². The number of nitrogens with one attached hydrogen (secondary N) is 2. The molecule has 0 radical (unpaired) electrons. The first-order chi connectivity index (χ1) is 21.5. The molecule has 2 N–H and O–H groups in total. The normalized spacial score (nSPS) is 11.6. The van der Waals surface area contributed by atoms with E-state index in [0.717, 1.165) is 27.8 Å². The van der Waals surface area contributed by atoms with Crippen LogP contribution in [0.5, 0.6) is 23.0 Å². The molecule has 0 fully saturated rings. The summed E-state index contributed by atoms with van der Waals surface area (Å²) < 4.78 is 23.8. The molecule has 0 aromatic heterocycles. The average Bonchev–Trinajstić information content (AvgIpc) is 3.06. The second kappa shape index (κ2) is 14.6. The molecule has 0 spiro atoms. The highest BCUT2D eigenvalue weighted by Gasteiger charge is 2.16. The maximum absolute atomic E-state index is 11.2. The average molecular weight is 589 g/mol. The van der Waals surface area contributed by atoms with Crippen LogP contribution in [-0.2, 0) is 24.6 Å². The van der Waals surface area contributed by atoms with Gasteiger partial charge in [-0.25, -0.2) is 0 Å². The molecule has 9 nitrogen and oxygen atoms in total. The van der Waals surface area contributed by atoms with E-state index in [4.69, 9.17) is 18.9 Å². The molecular weight excluding hydrogens is 556 g/mol. The molecule has 1 heterocycles. The number of hydrogen-bond acceptors (Lipinski definition) is 8. The third-order valence-electron chi connectivity index (χ3n) is 6.99. The number of fused-ring (bicyclic) bond motifs is 1. The maximum atomic E-state index is 11.2. The number of hydrogen-bond donors (Lipinski definition) is 2. The van der Waals surface area contributed by atoms with Gasteiger partial charge < -0.3 is 29.6 Å². The van der Waals surface area contributed by atoms with Crippen molar-refractivity contribution in [3.63, 3.8) is 0 Å². The van der Waals surface area contributed by atoms with Crippen LogP contribution in [0.15, 0.2) is 78.9 Å². The van der Waals surface area contributed by atoms with E-state index in [2.05, 4.69) is 22.8 Å². The number of rotatable bonds is 12. The predicted molar refractivity (Wildman–Crippen MR) is 164 cm³/mol. The topological polar surface area (TPSA) is 126 Å². The monoisotopic (exact) mass is 588 g/mol. The van der Waals surface area contributed by atoms with Gasteiger partial charge in [0.05, 0.1) is 17.2 Å². The SMILES string of the molecule is CC(=O)NCCNCc1ccc(OCc2cccc(-c3ccc4c(c3)OCCO4)c2C#N)cc1OCc1cccc(C#N)c1. The smallest absolute Gasteiger partial charge is 0.216 e. The number of benzene rings is 4. The summed E-state index contributed by atoms with van der Waals surface area (Å²) in [6.07, 6.45) is 0. The molecule has 0 saturated carbocycles. The van der Waals surface area contributed by atoms with Gasteiger partial charge in [0.1, 0.15) is 44.0 Å². The van der Waals surface area contributed by atoms with Gasteiger partial charge in [0.2, 0.25) is 5.91 Å². The highest BCUT2D eigenvalue weighted by molar-refractivity contribution is 5.74. The molecule has 5 rings (SSSR count). The second-order valence-electron chi connectivity index (χ2n) is 10.1. The minimum atomic E-state index is -0.0756. The van der Waals surface area contributed by atoms with Gasteiger partial charge in [-0.2, -0.15) is 10.5 Å². The summed E-state index contributed by atoms with van der Waals surface area (Å²) in [4.78, 5) is 11.2. The molecule has 9 heteroatoms. The Labute approximate surface area is 256 Å². The zero-order valence-electron chi connectivity index (χ0n) is 24.4. The Bertz CT molecular complexity index is 1720. The fraction of sp³-hybridized carbons (Fsp3) is 0.229. The number of carbonyl (C=O) groups is 1. The van der Waals surface area contributed by atoms with E-state index in [0.29, 0.717) is 67.0 Å². The quantitative estimate of drug-likeness (QED) is 0.215. The summed E-state index contributed by atoms with van der Waals surface area (Å²) >= 11 is 0. The van der Waals surface area contributed by atoms with Gasteiger partial charge in [-0.15, -0.1) is 0 Å². The van der Waals surface area contributed by atoms with Crippen LogP contribution < -0.4 is 29.6 Å². The molecule has 0 atom stereocenters. The lowest BCUT2D eigenvalue weighted by Gasteiger charge is -2.19. The number of nitrogens with zero attached hydrogens (tertiary/aromatic N) is 2. The first kappa shape index (κ1) is 30.0. The first-order valence-electron chi connectivity index (χ1n) is 14.3. The number of carbonyl (C=O) groups excluding carboxylic acids is 1. The van der Waals surface area contributed by atoms with Crippen molar-refractivity contribution in [3.05, 3.63) is 107 Å². The number of amides is 1. The fourth-order valence-electron chi connectivity index (χ4n) is 4.81. The zero-order valence-corrected chi connectivity index (χ0v) is 24.4. The van der Waals surface area contributed by atoms with E-state index >= 15 is 0 Å². The summed E-state index contributed by atoms with van der Waals surface area (Å²) in [5.74, 6) is 2.49. The van der Waals surface area contributed by atoms with Crippen molar-refractivity contribution in [1.29, 1.82) is 10.5 Å². The highest BCUT2D eigenvalue weighted by Crippen LogP contribution is 2.36. The van der Waals surface area contributed by atoms with E-state index in [-0.39, 0.29) is 19.1 Å². The van der Waals surface area contributed by atoms with Crippen LogP contribution in [0.1, 0.15) is 34.7 Å². The minimum absolute atomic E-state index is 0.0756. The van der Waals surface area contributed by atoms with Crippen molar-refractivity contribution in [1.82, 2.24) is 10.6 Å². The van der Waals surface area contributed by atoms with Crippen molar-refractivity contribution in [2.75, 3.05) is 26.3 Å². The minimum Gasteiger partial charge on any atom is -0.489 e. The van der Waals surface area contributed by atoms with Crippen molar-refractivity contribution in [2.24, 2.45) is 0 Å². The number of nitriles is 2. The predicted octanol–water partition coefficient (Wildman–Crippen LogP) is 5.25. The van der Waals surface area contributed by atoms with Gasteiger partial charge in [-0.3, -0.25) is 4.79 Å². The molecular formula is C35H32N4O5. The molecule has 1 amide bonds. The maximum Gasteiger partial charge on any atom is 0.216 e. The van der Waals surface area contributed by atoms with E-state index in [1.54, 1.807) is 12.1 Å². The summed E-state index contributed by atoms with van der Waals surface area (Å²) in [5, 5.41) is 25.4. The van der Waals surface area contributed by atoms with E-state index in [1.165, 1.54) is 6.92 Å². The Morgan fingerprint density at radius 3 is 2.50 bits per heavy atom. The van der Waals surface area contributed by atoms with Gasteiger partial charge >= 0.3 is 0 Å². The van der Waals surface area contributed by atoms with Crippen molar-refractivity contribution in [2.45, 2.75) is 26.7 Å². The molecule has 4 aromatic carbocycles. The third-order valence-corrected chi connectivity index (χ3v) is 6.99. The lowest BCUT2D eigenvalue weighted by molar-refractivity contribution is -0.118. The Morgan fingerprint density at radius 2 is 1.68 bits per heavy atom. The first-order valence-corrected chi connectivity index (χ1v) is 14.3. The van der Waals surface area contributed by atoms with Crippen LogP contribution in [0.3, 0.4) is 0 Å². The molecule has 0 bridgehead atoms. The highest BCUT2D eigenvalue weighted by atomic mass is 16.6. The van der Waals surface area contributed by atoms with Crippen molar-refractivity contribution in [3.8, 4) is 46.3 Å². The third kappa shape index (κ3) is 7.65. The van der Waals surface area contributed by atoms with Gasteiger partial charge in [0.15, 0.2) is 11.5 Å². The summed E-state index contributed by atoms with van der Waals surface area (Å²) in [6.45, 7) is 4.56. The second-order valence-corrected chi connectivity index (χ2v) is 10.1. The Hall–Kier alpha value is -5.51. The molecule has 1 aliphatic rings. The van der Waals surface area contributed by atoms with Crippen molar-refractivity contribution < 1.29 is 23.7 Å².